The van der Waals surface area contributed by atoms with Crippen molar-refractivity contribution in [3.05, 3.63) is 105 Å². The normalized spacial score (nSPS) is 36.6. The summed E-state index contributed by atoms with van der Waals surface area (Å²) in [5.41, 5.74) is 36.1. The number of aromatic amines is 3. The molecule has 132 heavy (non-hydrogen) atoms. The van der Waals surface area contributed by atoms with Gasteiger partial charge in [-0.15, -0.1) is 33.7 Å². The van der Waals surface area contributed by atoms with Gasteiger partial charge in [0.2, 0.25) is 17.8 Å². The Morgan fingerprint density at radius 2 is 0.758 bits per heavy atom. The Balaban J connectivity index is 0.000000128. The topological polar surface area (TPSA) is 708 Å². The molecule has 52 nitrogen and oxygen atoms in total. The predicted octanol–water partition coefficient (Wildman–Crippen LogP) is 2.94. The number of imidazole rings is 2. The van der Waals surface area contributed by atoms with Gasteiger partial charge in [0.15, 0.2) is 88.1 Å². The summed E-state index contributed by atoms with van der Waals surface area (Å²) < 4.78 is 149. The lowest BCUT2D eigenvalue weighted by Gasteiger charge is -2.27. The third-order valence-electron chi connectivity index (χ3n) is 21.8. The van der Waals surface area contributed by atoms with E-state index in [9.17, 15) is 43.7 Å². The molecule has 12 aromatic rings. The minimum Gasteiger partial charge on any atom is -0.398 e. The first-order valence-electron chi connectivity index (χ1n) is 38.9. The number of hydrogen-bond donors (Lipinski definition) is 15. The Hall–Kier alpha value is -6.78. The lowest BCUT2D eigenvalue weighted by Crippen LogP contribution is -2.34. The van der Waals surface area contributed by atoms with Crippen LogP contribution in [0.4, 0.5) is 48.1 Å². The molecule has 21 heterocycles. The minimum atomic E-state index is -4.11. The van der Waals surface area contributed by atoms with E-state index in [2.05, 4.69) is 75.4 Å². The molecule has 12 aromatic heterocycles. The number of rotatable bonds is 6. The van der Waals surface area contributed by atoms with Gasteiger partial charge in [-0.1, -0.05) is 10.4 Å². The maximum Gasteiger partial charge on any atom is 0.325 e. The molecule has 21 N–H and O–H groups in total. The summed E-state index contributed by atoms with van der Waals surface area (Å²) in [5, 5.41) is 14.9. The Labute approximate surface area is 774 Å². The molecule has 0 aromatic carbocycles. The summed E-state index contributed by atoms with van der Waals surface area (Å²) in [5.74, 6) is -0.419. The van der Waals surface area contributed by atoms with E-state index in [0.717, 1.165) is 9.36 Å². The number of pyridine rings is 3. The van der Waals surface area contributed by atoms with Crippen LogP contribution < -0.4 is 51.1 Å². The molecular weight excluding hydrogens is 2030 g/mol. The molecule has 0 spiro atoms. The Kier molecular flexibility index (Phi) is 26.1. The van der Waals surface area contributed by atoms with Crippen molar-refractivity contribution in [2.45, 2.75) is 145 Å². The SMILES string of the molecule is Nc1nc2c(ncn2[C@@H]2S[C@@H]3COP(O)(=S)O[C@H]4[C@H](F)[C@H](n5ccc6c(N)ccnc65)O[C@@H]4COP(O)(=S)O[C@@H]2C3)c(=O)[nH]1.Nc1nc2c(ncn2[C@@H]2S[C@@H]3COP(O)(=S)O[C@H]4[C@H](F)[C@H](n5nnc6c(N)ccnc65)O[C@@H]4COP(O)(=S)O[C@@H]2C3)c(=O)[nH]1.Nc1nc2c(nnn2[C@@H]2O[C@@H]3COP(O)(=S)O[C@H]4[C@H](F)[C@H](n5ccc6c(N)ccnc65)O[C@@H]4COP(O)(=S)O[C@@H]2C3)c(=O)[nH]1. The first kappa shape index (κ1) is 94.2. The maximum absolute atomic E-state index is 16.1. The van der Waals surface area contributed by atoms with Crippen molar-refractivity contribution in [3.63, 3.8) is 0 Å². The fourth-order valence-corrected chi connectivity index (χ4v) is 28.1. The average molecular weight is 2110 g/mol. The lowest BCUT2D eigenvalue weighted by molar-refractivity contribution is -0.0636. The van der Waals surface area contributed by atoms with Gasteiger partial charge in [0.25, 0.3) is 16.7 Å². The van der Waals surface area contributed by atoms with Crippen LogP contribution in [-0.2, 0) is 144 Å². The molecule has 6 bridgehead atoms. The molecule has 27 atom stereocenters. The third-order valence-corrected chi connectivity index (χ3v) is 34.3. The van der Waals surface area contributed by atoms with Gasteiger partial charge >= 0.3 is 40.3 Å². The monoisotopic (exact) mass is 2110 g/mol. The number of thioether (sulfide) groups is 2. The minimum absolute atomic E-state index is 0.0219. The number of alkyl halides is 3. The maximum atomic E-state index is 16.1. The standard InChI is InChI=1S/C22H25FN8O8P2S3.C21H24FN9O9P2S2.C20H23FN10O8P2S3/c23-14-16-13(37-20(14)30-4-2-10-11(24)1-3-26-17(10)30)7-36-40(33,42)38-12-5-9(6-35-41(34,43)39-16)44-21(12)31-8-27-15-18(31)28-22(25)29-19(15)32;22-13-15-12(38-20(13)30-4-2-9-10(23)1-3-25-16(9)30)7-36-41(33,43)39-11-5-8(6-35-42(34,44)40-15)37-19(11)31-17-14(28-29-31)18(32)27-21(24)26-17;21-11-14-10(37-18(11)31-15-12(28-29-31)8(22)1-2-24-15)5-36-40(33,42)38-9-3-7(4-35-41(34,43)39-14)44-19(9)30-6-25-13-16(30)26-20(23)27-17(13)32/h1-4,8-9,12-14,16,20-21H,5-7H2,(H2,24,26)(H,33,42)(H,34,43)(H3,25,28,29,32);1-4,8,11-13,15,19-20H,5-7H2,(H2,23,25)(H,33,43)(H,34,44)(H3,24,26,27,32);1-2,6-7,9-11,14,18-19H,3-5H2,(H2,22,24)(H,33,42)(H,34,43)(H3,23,26,27,32)/t9-,12+,13+,14-,16+,20+,21+,40?,41?;8-,11+,12+,13-,15+,19+,20+,41?,42?;7-,9+,10+,11-,14+,18+,19+,40?,41?/m000/s1. The molecule has 0 saturated carbocycles. The molecule has 708 valence electrons. The summed E-state index contributed by atoms with van der Waals surface area (Å²) in [4.78, 5) is 144. The number of aromatic nitrogens is 21. The van der Waals surface area contributed by atoms with Crippen LogP contribution in [0.2, 0.25) is 0 Å². The second kappa shape index (κ2) is 36.5. The van der Waals surface area contributed by atoms with Crippen molar-refractivity contribution in [1.29, 1.82) is 0 Å². The van der Waals surface area contributed by atoms with Gasteiger partial charge < -0.3 is 133 Å². The van der Waals surface area contributed by atoms with Crippen LogP contribution in [0.1, 0.15) is 54.9 Å². The highest BCUT2D eigenvalue weighted by molar-refractivity contribution is 8.09. The van der Waals surface area contributed by atoms with Crippen LogP contribution in [0.25, 0.3) is 66.7 Å². The molecular formula is C63H72F3N27O25P6S8. The van der Waals surface area contributed by atoms with Gasteiger partial charge in [0.1, 0.15) is 64.8 Å². The Morgan fingerprint density at radius 1 is 0.386 bits per heavy atom. The van der Waals surface area contributed by atoms with Crippen LogP contribution in [0, 0.1) is 0 Å². The van der Waals surface area contributed by atoms with E-state index in [1.165, 1.54) is 70.0 Å². The summed E-state index contributed by atoms with van der Waals surface area (Å²) in [6, 6.07) is 8.07. The molecule has 6 unspecified atom stereocenters. The molecule has 9 aliphatic heterocycles. The van der Waals surface area contributed by atoms with Crippen LogP contribution in [0.3, 0.4) is 0 Å². The number of anilines is 6. The van der Waals surface area contributed by atoms with E-state index in [1.54, 1.807) is 45.8 Å². The van der Waals surface area contributed by atoms with Crippen molar-refractivity contribution < 1.29 is 116 Å². The van der Waals surface area contributed by atoms with Gasteiger partial charge in [-0.05, 0) is 114 Å². The van der Waals surface area contributed by atoms with Gasteiger partial charge in [0.05, 0.1) is 76.3 Å². The molecule has 9 fully saturated rings. The molecule has 0 amide bonds. The summed E-state index contributed by atoms with van der Waals surface area (Å²) in [6.07, 6.45) is -11.6. The van der Waals surface area contributed by atoms with Gasteiger partial charge in [-0.3, -0.25) is 52.0 Å². The molecule has 0 aliphatic carbocycles. The van der Waals surface area contributed by atoms with Crippen LogP contribution in [0.5, 0.6) is 0 Å². The molecule has 21 rings (SSSR count). The first-order chi connectivity index (χ1) is 62.7. The second-order valence-electron chi connectivity index (χ2n) is 30.4. The fourth-order valence-electron chi connectivity index (χ4n) is 16.0. The summed E-state index contributed by atoms with van der Waals surface area (Å²) >= 11 is 34.3. The third kappa shape index (κ3) is 19.0. The number of fused-ring (bicyclic) bond motifs is 15. The van der Waals surface area contributed by atoms with E-state index >= 15 is 13.2 Å². The van der Waals surface area contributed by atoms with E-state index in [-0.39, 0.29) is 113 Å². The number of H-pyrrole nitrogens is 3. The van der Waals surface area contributed by atoms with Gasteiger partial charge in [0, 0.05) is 70.1 Å². The zero-order valence-electron chi connectivity index (χ0n) is 66.5. The van der Waals surface area contributed by atoms with E-state index in [0.29, 0.717) is 33.4 Å². The average Bonchev–Trinajstić information content (AvgIpc) is 1.64. The number of halogens is 3. The quantitative estimate of drug-likeness (QED) is 0.106. The zero-order valence-corrected chi connectivity index (χ0v) is 78.4. The summed E-state index contributed by atoms with van der Waals surface area (Å²) in [7, 11) is 0. The highest BCUT2D eigenvalue weighted by atomic mass is 32.5. The van der Waals surface area contributed by atoms with Crippen LogP contribution >= 0.6 is 63.8 Å². The second-order valence-corrected chi connectivity index (χ2v) is 50.0. The number of nitrogen functional groups attached to an aromatic ring is 6. The largest absolute Gasteiger partial charge is 0.398 e. The zero-order chi connectivity index (χ0) is 92.9. The van der Waals surface area contributed by atoms with Crippen molar-refractivity contribution in [3.8, 4) is 0 Å². The van der Waals surface area contributed by atoms with E-state index in [1.807, 2.05) is 0 Å². The highest BCUT2D eigenvalue weighted by Crippen LogP contribution is 2.61. The highest BCUT2D eigenvalue weighted by Gasteiger charge is 2.56. The van der Waals surface area contributed by atoms with Crippen molar-refractivity contribution in [2.75, 3.05) is 74.0 Å². The number of nitrogens with one attached hydrogen (secondary N) is 3. The fraction of sp³-hybridized carbons (Fsp3) is 0.476. The smallest absolute Gasteiger partial charge is 0.325 e. The van der Waals surface area contributed by atoms with Crippen molar-refractivity contribution >= 4 is 236 Å². The number of ether oxygens (including phenoxy) is 4. The van der Waals surface area contributed by atoms with Crippen molar-refractivity contribution in [1.82, 2.24) is 103 Å². The van der Waals surface area contributed by atoms with Crippen molar-refractivity contribution in [2.24, 2.45) is 0 Å². The first-order valence-corrected chi connectivity index (χ1v) is 56.3. The van der Waals surface area contributed by atoms with E-state index < -0.39 is 197 Å². The van der Waals surface area contributed by atoms with Crippen LogP contribution in [0.15, 0.2) is 88.4 Å². The number of hydrogen-bond acceptors (Lipinski definition) is 45. The molecule has 9 saturated heterocycles. The number of nitrogens with zero attached hydrogens (tertiary/aromatic N) is 18. The van der Waals surface area contributed by atoms with Crippen LogP contribution in [-0.4, -0.2) is 262 Å². The van der Waals surface area contributed by atoms with Gasteiger partial charge in [-0.2, -0.15) is 24.3 Å². The molecule has 69 heteroatoms. The van der Waals surface area contributed by atoms with Gasteiger partial charge in [-0.25, -0.2) is 38.1 Å². The molecule has 9 aliphatic rings. The Bertz CT molecular complexity index is 6380. The number of nitrogens with two attached hydrogens (primary N) is 6. The Morgan fingerprint density at radius 3 is 1.22 bits per heavy atom. The predicted molar refractivity (Wildman–Crippen MR) is 482 cm³/mol. The summed E-state index contributed by atoms with van der Waals surface area (Å²) in [6.45, 7) is -26.3. The lowest BCUT2D eigenvalue weighted by atomic mass is 10.1. The van der Waals surface area contributed by atoms with E-state index in [4.69, 9.17) is 178 Å². The molecule has 0 radical (unpaired) electrons.